The van der Waals surface area contributed by atoms with Gasteiger partial charge in [0.1, 0.15) is 23.1 Å². The lowest BCUT2D eigenvalue weighted by Gasteiger charge is -2.58. The Morgan fingerprint density at radius 3 is 2.38 bits per heavy atom. The Hall–Kier alpha value is -1.82. The van der Waals surface area contributed by atoms with E-state index in [-0.39, 0.29) is 71.1 Å². The van der Waals surface area contributed by atoms with Gasteiger partial charge in [-0.25, -0.2) is 0 Å². The second-order valence-corrected chi connectivity index (χ2v) is 14.2. The molecule has 4 aliphatic rings. The van der Waals surface area contributed by atoms with E-state index in [0.717, 1.165) is 0 Å². The first-order chi connectivity index (χ1) is 17.9. The third-order valence-corrected chi connectivity index (χ3v) is 11.4. The highest BCUT2D eigenvalue weighted by molar-refractivity contribution is 7.85. The van der Waals surface area contributed by atoms with E-state index in [9.17, 15) is 40.8 Å². The van der Waals surface area contributed by atoms with Gasteiger partial charge in [0.05, 0.1) is 0 Å². The van der Waals surface area contributed by atoms with Crippen molar-refractivity contribution in [2.45, 2.75) is 90.8 Å². The number of ether oxygens (including phenoxy) is 1. The molecule has 0 aromatic rings. The predicted octanol–water partition coefficient (Wildman–Crippen LogP) is 4.35. The minimum absolute atomic E-state index is 0.0341. The summed E-state index contributed by atoms with van der Waals surface area (Å²) < 4.78 is 74.4. The third kappa shape index (κ3) is 5.56. The molecular formula is C27H37F3O8S. The Labute approximate surface area is 226 Å². The molecule has 0 heterocycles. The normalized spacial score (nSPS) is 38.4. The van der Waals surface area contributed by atoms with Crippen molar-refractivity contribution in [1.82, 2.24) is 0 Å². The molecule has 0 radical (unpaired) electrons. The monoisotopic (exact) mass is 578 g/mol. The van der Waals surface area contributed by atoms with E-state index < -0.39 is 46.0 Å². The molecule has 1 N–H and O–H groups in total. The summed E-state index contributed by atoms with van der Waals surface area (Å²) in [6.45, 7) is 5.85. The zero-order chi connectivity index (χ0) is 29.1. The van der Waals surface area contributed by atoms with Gasteiger partial charge in [0.15, 0.2) is 0 Å². The molecule has 0 spiro atoms. The number of rotatable bonds is 7. The SMILES string of the molecule is C[C@H](CCC(=O)OC(CS(=O)(=O)O)C(F)(F)F)[C@H]1CC[C@H]2[C@@H]3C(=O)C[C@H]4CC(=O)CC[C@]4(C)[C@H]3CC(=O)[C@]12C. The van der Waals surface area contributed by atoms with Gasteiger partial charge in [0, 0.05) is 43.4 Å². The van der Waals surface area contributed by atoms with Gasteiger partial charge in [0.25, 0.3) is 10.1 Å². The number of hydrogen-bond acceptors (Lipinski definition) is 7. The molecule has 4 rings (SSSR count). The summed E-state index contributed by atoms with van der Waals surface area (Å²) in [6.07, 6.45) is -4.97. The second-order valence-electron chi connectivity index (χ2n) is 12.7. The highest BCUT2D eigenvalue weighted by Gasteiger charge is 2.66. The summed E-state index contributed by atoms with van der Waals surface area (Å²) in [4.78, 5) is 51.6. The minimum Gasteiger partial charge on any atom is -0.451 e. The number of carbonyl (C=O) groups is 4. The maximum atomic E-state index is 13.8. The molecule has 8 nitrogen and oxygen atoms in total. The van der Waals surface area contributed by atoms with Crippen molar-refractivity contribution in [1.29, 1.82) is 0 Å². The van der Waals surface area contributed by atoms with Gasteiger partial charge in [0.2, 0.25) is 6.10 Å². The molecule has 220 valence electrons. The highest BCUT2D eigenvalue weighted by Crippen LogP contribution is 2.66. The van der Waals surface area contributed by atoms with Crippen LogP contribution in [0.2, 0.25) is 0 Å². The van der Waals surface area contributed by atoms with Gasteiger partial charge in [-0.1, -0.05) is 20.8 Å². The number of fused-ring (bicyclic) bond motifs is 5. The number of carbonyl (C=O) groups excluding carboxylic acids is 4. The third-order valence-electron chi connectivity index (χ3n) is 10.7. The Bertz CT molecular complexity index is 1150. The summed E-state index contributed by atoms with van der Waals surface area (Å²) in [5, 5.41) is 0. The lowest BCUT2D eigenvalue weighted by Crippen LogP contribution is -2.60. The lowest BCUT2D eigenvalue weighted by molar-refractivity contribution is -0.215. The standard InChI is InChI=1S/C27H37F3O8S/c1-14(4-7-23(34)38-22(27(28,29)30)13-39(35,36)37)17-5-6-18-24-19(12-21(33)26(17,18)3)25(2)9-8-16(31)10-15(25)11-20(24)32/h14-15,17-19,22,24H,4-13H2,1-3H3,(H,35,36,37)/t14-,15-,17-,18+,19+,22?,24+,25+,26-/m1/s1. The van der Waals surface area contributed by atoms with Crippen LogP contribution >= 0.6 is 0 Å². The first-order valence-corrected chi connectivity index (χ1v) is 15.3. The minimum atomic E-state index is -5.16. The number of hydrogen-bond donors (Lipinski definition) is 1. The second kappa shape index (κ2) is 10.2. The average Bonchev–Trinajstić information content (AvgIpc) is 3.16. The summed E-state index contributed by atoms with van der Waals surface area (Å²) in [5.41, 5.74) is -1.04. The molecule has 0 aromatic heterocycles. The van der Waals surface area contributed by atoms with Crippen molar-refractivity contribution in [2.75, 3.05) is 5.75 Å². The van der Waals surface area contributed by atoms with Crippen molar-refractivity contribution >= 4 is 33.4 Å². The van der Waals surface area contributed by atoms with Crippen LogP contribution < -0.4 is 0 Å². The van der Waals surface area contributed by atoms with Crippen LogP contribution in [0.25, 0.3) is 0 Å². The number of esters is 1. The Balaban J connectivity index is 1.45. The topological polar surface area (TPSA) is 132 Å². The number of ketones is 3. The first-order valence-electron chi connectivity index (χ1n) is 13.7. The molecule has 9 atom stereocenters. The molecule has 12 heteroatoms. The van der Waals surface area contributed by atoms with Gasteiger partial charge in [-0.05, 0) is 60.7 Å². The van der Waals surface area contributed by atoms with E-state index in [2.05, 4.69) is 11.7 Å². The fraction of sp³-hybridized carbons (Fsp3) is 0.852. The van der Waals surface area contributed by atoms with Crippen molar-refractivity contribution < 1.29 is 50.1 Å². The van der Waals surface area contributed by atoms with Crippen molar-refractivity contribution in [2.24, 2.45) is 46.3 Å². The first kappa shape index (κ1) is 30.1. The lowest BCUT2D eigenvalue weighted by atomic mass is 9.44. The Morgan fingerprint density at radius 1 is 1.10 bits per heavy atom. The Morgan fingerprint density at radius 2 is 1.77 bits per heavy atom. The number of halogens is 3. The van der Waals surface area contributed by atoms with Crippen LogP contribution in [0.1, 0.15) is 78.6 Å². The number of Topliss-reactive ketones (excluding diaryl/α,β-unsaturated/α-hetero) is 3. The van der Waals surface area contributed by atoms with E-state index in [0.29, 0.717) is 38.5 Å². The molecule has 4 aliphatic carbocycles. The molecule has 39 heavy (non-hydrogen) atoms. The van der Waals surface area contributed by atoms with Gasteiger partial charge in [-0.3, -0.25) is 23.7 Å². The van der Waals surface area contributed by atoms with E-state index >= 15 is 0 Å². The smallest absolute Gasteiger partial charge is 0.426 e. The predicted molar refractivity (Wildman–Crippen MR) is 132 cm³/mol. The van der Waals surface area contributed by atoms with Crippen molar-refractivity contribution in [3.05, 3.63) is 0 Å². The summed E-state index contributed by atoms with van der Waals surface area (Å²) in [6, 6.07) is 0. The zero-order valence-electron chi connectivity index (χ0n) is 22.5. The molecule has 0 amide bonds. The van der Waals surface area contributed by atoms with Crippen LogP contribution in [0.15, 0.2) is 0 Å². The fourth-order valence-electron chi connectivity index (χ4n) is 8.54. The van der Waals surface area contributed by atoms with Crippen LogP contribution in [-0.4, -0.2) is 54.3 Å². The fourth-order valence-corrected chi connectivity index (χ4v) is 9.18. The molecule has 4 saturated carbocycles. The van der Waals surface area contributed by atoms with Crippen molar-refractivity contribution in [3.8, 4) is 0 Å². The van der Waals surface area contributed by atoms with E-state index in [4.69, 9.17) is 4.55 Å². The van der Waals surface area contributed by atoms with E-state index in [1.807, 2.05) is 13.8 Å². The molecule has 0 saturated heterocycles. The quantitative estimate of drug-likeness (QED) is 0.348. The highest BCUT2D eigenvalue weighted by atomic mass is 32.2. The number of alkyl halides is 3. The van der Waals surface area contributed by atoms with Gasteiger partial charge < -0.3 is 4.74 Å². The molecule has 1 unspecified atom stereocenters. The summed E-state index contributed by atoms with van der Waals surface area (Å²) >= 11 is 0. The van der Waals surface area contributed by atoms with Gasteiger partial charge in [-0.15, -0.1) is 0 Å². The summed E-state index contributed by atoms with van der Waals surface area (Å²) in [7, 11) is -5.03. The van der Waals surface area contributed by atoms with Crippen molar-refractivity contribution in [3.63, 3.8) is 0 Å². The molecule has 0 aliphatic heterocycles. The van der Waals surface area contributed by atoms with E-state index in [1.54, 1.807) is 0 Å². The van der Waals surface area contributed by atoms with Crippen LogP contribution in [-0.2, 0) is 34.0 Å². The van der Waals surface area contributed by atoms with Gasteiger partial charge >= 0.3 is 12.1 Å². The van der Waals surface area contributed by atoms with Crippen LogP contribution in [0.5, 0.6) is 0 Å². The average molecular weight is 579 g/mol. The van der Waals surface area contributed by atoms with Gasteiger partial charge in [-0.2, -0.15) is 21.6 Å². The Kier molecular flexibility index (Phi) is 7.90. The van der Waals surface area contributed by atoms with Crippen LogP contribution in [0.3, 0.4) is 0 Å². The molecular weight excluding hydrogens is 541 g/mol. The maximum absolute atomic E-state index is 13.8. The van der Waals surface area contributed by atoms with Crippen LogP contribution in [0, 0.1) is 46.3 Å². The summed E-state index contributed by atoms with van der Waals surface area (Å²) in [5.74, 6) is -3.63. The maximum Gasteiger partial charge on any atom is 0.426 e. The largest absolute Gasteiger partial charge is 0.451 e. The zero-order valence-corrected chi connectivity index (χ0v) is 23.3. The molecule has 0 aromatic carbocycles. The molecule has 0 bridgehead atoms. The van der Waals surface area contributed by atoms with Crippen LogP contribution in [0.4, 0.5) is 13.2 Å². The van der Waals surface area contributed by atoms with E-state index in [1.165, 1.54) is 0 Å². The molecule has 4 fully saturated rings.